The van der Waals surface area contributed by atoms with Crippen LogP contribution in [0.4, 0.5) is 0 Å². The Morgan fingerprint density at radius 2 is 2.12 bits per heavy atom. The first kappa shape index (κ1) is 14.6. The molecule has 0 aliphatic heterocycles. The summed E-state index contributed by atoms with van der Waals surface area (Å²) in [6.07, 6.45) is 1.96. The largest absolute Gasteiger partial charge is 0.401 e. The molecule has 0 fully saturated rings. The Morgan fingerprint density at radius 1 is 1.47 bits per heavy atom. The summed E-state index contributed by atoms with van der Waals surface area (Å²) in [6, 6.07) is 0. The molecule has 1 rings (SSSR count). The summed E-state index contributed by atoms with van der Waals surface area (Å²) >= 11 is 3.62. The molecule has 1 heterocycles. The maximum Gasteiger partial charge on any atom is 0.0989 e. The number of hydrogen-bond donors (Lipinski definition) is 1. The van der Waals surface area contributed by atoms with Crippen LogP contribution in [-0.2, 0) is 6.42 Å². The molecule has 0 aliphatic rings. The lowest BCUT2D eigenvalue weighted by molar-refractivity contribution is 0.907. The number of allylic oxidation sites excluding steroid dienone is 2. The average molecular weight is 270 g/mol. The molecular formula is C13H22N2S2. The molecule has 0 unspecified atom stereocenters. The van der Waals surface area contributed by atoms with Gasteiger partial charge in [-0.25, -0.2) is 4.98 Å². The Hall–Kier alpha value is -0.480. The monoisotopic (exact) mass is 270 g/mol. The van der Waals surface area contributed by atoms with Crippen LogP contribution >= 0.6 is 23.1 Å². The van der Waals surface area contributed by atoms with E-state index in [0.29, 0.717) is 5.25 Å². The number of nitrogens with two attached hydrogens (primary N) is 1. The molecule has 0 saturated carbocycles. The van der Waals surface area contributed by atoms with Crippen LogP contribution < -0.4 is 5.73 Å². The molecule has 2 N–H and O–H groups in total. The lowest BCUT2D eigenvalue weighted by Gasteiger charge is -2.10. The van der Waals surface area contributed by atoms with Crippen molar-refractivity contribution in [2.45, 2.75) is 52.7 Å². The molecule has 1 aromatic heterocycles. The zero-order valence-corrected chi connectivity index (χ0v) is 13.0. The van der Waals surface area contributed by atoms with Gasteiger partial charge >= 0.3 is 0 Å². The Balaban J connectivity index is 2.69. The van der Waals surface area contributed by atoms with E-state index in [1.54, 1.807) is 11.3 Å². The van der Waals surface area contributed by atoms with Crippen molar-refractivity contribution < 1.29 is 0 Å². The quantitative estimate of drug-likeness (QED) is 0.878. The maximum absolute atomic E-state index is 6.14. The van der Waals surface area contributed by atoms with Gasteiger partial charge in [0.25, 0.3) is 0 Å². The second-order valence-electron chi connectivity index (χ2n) is 4.34. The molecule has 0 bridgehead atoms. The predicted molar refractivity (Wildman–Crippen MR) is 79.5 cm³/mol. The maximum atomic E-state index is 6.14. The number of rotatable bonds is 5. The zero-order valence-electron chi connectivity index (χ0n) is 11.3. The molecule has 1 atom stereocenters. The van der Waals surface area contributed by atoms with Gasteiger partial charge in [0.15, 0.2) is 0 Å². The third-order valence-electron chi connectivity index (χ3n) is 2.82. The Morgan fingerprint density at radius 3 is 2.59 bits per heavy atom. The first-order valence-electron chi connectivity index (χ1n) is 5.98. The van der Waals surface area contributed by atoms with E-state index in [-0.39, 0.29) is 0 Å². The summed E-state index contributed by atoms with van der Waals surface area (Å²) in [5, 5.41) is 1.76. The Bertz CT molecular complexity index is 388. The van der Waals surface area contributed by atoms with Gasteiger partial charge in [0.1, 0.15) is 0 Å². The molecule has 17 heavy (non-hydrogen) atoms. The number of thiazole rings is 1. The highest BCUT2D eigenvalue weighted by Gasteiger charge is 2.08. The minimum absolute atomic E-state index is 0.633. The normalized spacial score (nSPS) is 14.6. The Labute approximate surface area is 113 Å². The predicted octanol–water partition coefficient (Wildman–Crippen LogP) is 4.02. The molecule has 96 valence electrons. The van der Waals surface area contributed by atoms with Crippen molar-refractivity contribution in [3.63, 3.8) is 0 Å². The van der Waals surface area contributed by atoms with Crippen molar-refractivity contribution in [1.29, 1.82) is 0 Å². The fourth-order valence-corrected chi connectivity index (χ4v) is 3.31. The van der Waals surface area contributed by atoms with Crippen molar-refractivity contribution >= 4 is 23.1 Å². The molecular weight excluding hydrogens is 248 g/mol. The van der Waals surface area contributed by atoms with E-state index in [4.69, 9.17) is 5.73 Å². The van der Waals surface area contributed by atoms with Crippen molar-refractivity contribution in [1.82, 2.24) is 4.98 Å². The van der Waals surface area contributed by atoms with E-state index >= 15 is 0 Å². The standard InChI is InChI=1S/C13H22N2S2/c1-6-8(2)16-11(5)12(14)7-13-15-9(3)10(4)17-13/h8H,6-7,14H2,1-5H3/b12-11-/t8-/m0/s1. The summed E-state index contributed by atoms with van der Waals surface area (Å²) in [7, 11) is 0. The minimum Gasteiger partial charge on any atom is -0.401 e. The number of nitrogens with zero attached hydrogens (tertiary/aromatic N) is 1. The molecule has 0 radical (unpaired) electrons. The number of aryl methyl sites for hydroxylation is 2. The number of aromatic nitrogens is 1. The molecule has 0 amide bonds. The van der Waals surface area contributed by atoms with Gasteiger partial charge in [0.05, 0.1) is 10.7 Å². The summed E-state index contributed by atoms with van der Waals surface area (Å²) in [4.78, 5) is 7.06. The van der Waals surface area contributed by atoms with E-state index in [0.717, 1.165) is 22.8 Å². The zero-order chi connectivity index (χ0) is 13.0. The minimum atomic E-state index is 0.633. The summed E-state index contributed by atoms with van der Waals surface area (Å²) < 4.78 is 0. The second kappa shape index (κ2) is 6.45. The SMILES string of the molecule is CC[C@H](C)S/C(C)=C(\N)Cc1nc(C)c(C)s1. The van der Waals surface area contributed by atoms with Crippen LogP contribution in [0.15, 0.2) is 10.6 Å². The van der Waals surface area contributed by atoms with Gasteiger partial charge < -0.3 is 5.73 Å². The van der Waals surface area contributed by atoms with E-state index in [2.05, 4.69) is 39.6 Å². The molecule has 2 nitrogen and oxygen atoms in total. The molecule has 0 aromatic carbocycles. The van der Waals surface area contributed by atoms with Crippen LogP contribution in [0.5, 0.6) is 0 Å². The molecule has 0 aliphatic carbocycles. The van der Waals surface area contributed by atoms with Crippen molar-refractivity contribution in [2.24, 2.45) is 5.73 Å². The highest BCUT2D eigenvalue weighted by Crippen LogP contribution is 2.26. The fraction of sp³-hybridized carbons (Fsp3) is 0.615. The smallest absolute Gasteiger partial charge is 0.0989 e. The van der Waals surface area contributed by atoms with Crippen LogP contribution in [0.1, 0.15) is 42.8 Å². The number of hydrogen-bond acceptors (Lipinski definition) is 4. The van der Waals surface area contributed by atoms with E-state index < -0.39 is 0 Å². The average Bonchev–Trinajstić information content (AvgIpc) is 2.57. The van der Waals surface area contributed by atoms with Gasteiger partial charge in [-0.05, 0) is 27.2 Å². The summed E-state index contributed by atoms with van der Waals surface area (Å²) in [5.74, 6) is 0. The van der Waals surface area contributed by atoms with E-state index in [1.165, 1.54) is 16.2 Å². The first-order chi connectivity index (χ1) is 7.93. The molecule has 0 saturated heterocycles. The van der Waals surface area contributed by atoms with E-state index in [9.17, 15) is 0 Å². The van der Waals surface area contributed by atoms with Crippen molar-refractivity contribution in [3.05, 3.63) is 26.2 Å². The molecule has 1 aromatic rings. The third kappa shape index (κ3) is 4.36. The van der Waals surface area contributed by atoms with Crippen molar-refractivity contribution in [2.75, 3.05) is 0 Å². The van der Waals surface area contributed by atoms with Crippen LogP contribution in [0, 0.1) is 13.8 Å². The van der Waals surface area contributed by atoms with Gasteiger partial charge in [-0.1, -0.05) is 13.8 Å². The van der Waals surface area contributed by atoms with Crippen LogP contribution in [0.3, 0.4) is 0 Å². The van der Waals surface area contributed by atoms with Gasteiger partial charge in [0, 0.05) is 27.2 Å². The van der Waals surface area contributed by atoms with Gasteiger partial charge in [-0.2, -0.15) is 0 Å². The molecule has 4 heteroatoms. The molecule has 0 spiro atoms. The Kier molecular flexibility index (Phi) is 5.53. The van der Waals surface area contributed by atoms with Gasteiger partial charge in [0.2, 0.25) is 0 Å². The van der Waals surface area contributed by atoms with E-state index in [1.807, 2.05) is 11.8 Å². The highest BCUT2D eigenvalue weighted by atomic mass is 32.2. The van der Waals surface area contributed by atoms with Crippen LogP contribution in [0.25, 0.3) is 0 Å². The lowest BCUT2D eigenvalue weighted by Crippen LogP contribution is -2.05. The van der Waals surface area contributed by atoms with Gasteiger partial charge in [-0.3, -0.25) is 0 Å². The van der Waals surface area contributed by atoms with Crippen molar-refractivity contribution in [3.8, 4) is 0 Å². The summed E-state index contributed by atoms with van der Waals surface area (Å²) in [5.41, 5.74) is 8.23. The third-order valence-corrected chi connectivity index (χ3v) is 5.24. The first-order valence-corrected chi connectivity index (χ1v) is 7.68. The van der Waals surface area contributed by atoms with Gasteiger partial charge in [-0.15, -0.1) is 23.1 Å². The number of thioether (sulfide) groups is 1. The topological polar surface area (TPSA) is 38.9 Å². The van der Waals surface area contributed by atoms with Crippen LogP contribution in [0.2, 0.25) is 0 Å². The highest BCUT2D eigenvalue weighted by molar-refractivity contribution is 8.03. The second-order valence-corrected chi connectivity index (χ2v) is 7.28. The lowest BCUT2D eigenvalue weighted by atomic mass is 10.3. The fourth-order valence-electron chi connectivity index (χ4n) is 1.36. The summed E-state index contributed by atoms with van der Waals surface area (Å²) in [6.45, 7) is 10.7. The van der Waals surface area contributed by atoms with Crippen LogP contribution in [-0.4, -0.2) is 10.2 Å².